The topological polar surface area (TPSA) is 46.5 Å². The van der Waals surface area contributed by atoms with E-state index in [1.807, 2.05) is 21.1 Å². The molecule has 2 atom stereocenters. The van der Waals surface area contributed by atoms with E-state index < -0.39 is 7.60 Å². The summed E-state index contributed by atoms with van der Waals surface area (Å²) in [4.78, 5) is 10.4. The third-order valence-corrected chi connectivity index (χ3v) is 8.67. The van der Waals surface area contributed by atoms with E-state index in [9.17, 15) is 9.46 Å². The predicted molar refractivity (Wildman–Crippen MR) is 150 cm³/mol. The molecule has 0 spiro atoms. The average molecular weight is 501 g/mol. The number of hydrogen-bond donors (Lipinski definition) is 1. The van der Waals surface area contributed by atoms with Gasteiger partial charge in [0.2, 0.25) is 0 Å². The molecule has 0 saturated heterocycles. The van der Waals surface area contributed by atoms with E-state index in [0.717, 1.165) is 19.3 Å². The van der Waals surface area contributed by atoms with Gasteiger partial charge in [0.05, 0.1) is 27.7 Å². The standard InChI is InChI=1S/C29H58NO3P/c1-6-8-9-10-11-12-13-14-15-16-17-18-19-20-21-22-23-24-25-26-28-33-34(31,32)29(27-7-2)30(3,4)5/h11-12,17-18,29H,6-10,13-16,19-28H2,1-5H3/p+1. The van der Waals surface area contributed by atoms with Crippen LogP contribution >= 0.6 is 7.60 Å². The second-order valence-electron chi connectivity index (χ2n) is 10.8. The molecule has 5 heteroatoms. The van der Waals surface area contributed by atoms with Gasteiger partial charge in [-0.2, -0.15) is 0 Å². The lowest BCUT2D eigenvalue weighted by Crippen LogP contribution is -2.45. The Labute approximate surface area is 213 Å². The first-order valence-electron chi connectivity index (χ1n) is 14.3. The van der Waals surface area contributed by atoms with Crippen LogP contribution in [0.1, 0.15) is 129 Å². The van der Waals surface area contributed by atoms with Crippen LogP contribution in [0.5, 0.6) is 0 Å². The molecule has 0 fully saturated rings. The first-order chi connectivity index (χ1) is 16.3. The molecule has 4 nitrogen and oxygen atoms in total. The summed E-state index contributed by atoms with van der Waals surface area (Å²) in [6, 6.07) is 0. The van der Waals surface area contributed by atoms with Crippen molar-refractivity contribution < 1.29 is 18.5 Å². The van der Waals surface area contributed by atoms with E-state index in [4.69, 9.17) is 4.52 Å². The Bertz CT molecular complexity index is 554. The molecule has 1 N–H and O–H groups in total. The fourth-order valence-corrected chi connectivity index (χ4v) is 6.31. The monoisotopic (exact) mass is 500 g/mol. The van der Waals surface area contributed by atoms with Gasteiger partial charge < -0.3 is 13.9 Å². The zero-order chi connectivity index (χ0) is 25.5. The van der Waals surface area contributed by atoms with Crippen molar-refractivity contribution in [2.24, 2.45) is 0 Å². The van der Waals surface area contributed by atoms with Gasteiger partial charge in [-0.1, -0.05) is 83.1 Å². The van der Waals surface area contributed by atoms with Gasteiger partial charge in [0.15, 0.2) is 5.78 Å². The summed E-state index contributed by atoms with van der Waals surface area (Å²) < 4.78 is 18.6. The number of unbranched alkanes of at least 4 members (excludes halogenated alkanes) is 13. The summed E-state index contributed by atoms with van der Waals surface area (Å²) >= 11 is 0. The minimum Gasteiger partial charge on any atom is -0.320 e. The first kappa shape index (κ1) is 33.6. The van der Waals surface area contributed by atoms with Gasteiger partial charge in [0.25, 0.3) is 0 Å². The summed E-state index contributed by atoms with van der Waals surface area (Å²) in [7, 11) is 2.34. The lowest BCUT2D eigenvalue weighted by molar-refractivity contribution is -0.883. The summed E-state index contributed by atoms with van der Waals surface area (Å²) in [5, 5.41) is 0. The van der Waals surface area contributed by atoms with E-state index in [1.165, 1.54) is 89.9 Å². The summed E-state index contributed by atoms with van der Waals surface area (Å²) in [6.45, 7) is 4.71. The van der Waals surface area contributed by atoms with E-state index in [-0.39, 0.29) is 5.78 Å². The smallest absolute Gasteiger partial charge is 0.320 e. The lowest BCUT2D eigenvalue weighted by atomic mass is 10.1. The van der Waals surface area contributed by atoms with Crippen molar-refractivity contribution in [2.75, 3.05) is 27.7 Å². The van der Waals surface area contributed by atoms with Crippen molar-refractivity contribution in [1.29, 1.82) is 0 Å². The third-order valence-electron chi connectivity index (χ3n) is 6.41. The van der Waals surface area contributed by atoms with Crippen molar-refractivity contribution in [3.63, 3.8) is 0 Å². The number of hydrogen-bond acceptors (Lipinski definition) is 2. The van der Waals surface area contributed by atoms with E-state index in [1.54, 1.807) is 0 Å². The second-order valence-corrected chi connectivity index (χ2v) is 12.8. The Kier molecular flexibility index (Phi) is 21.6. The van der Waals surface area contributed by atoms with Gasteiger partial charge in [0, 0.05) is 6.42 Å². The highest BCUT2D eigenvalue weighted by Crippen LogP contribution is 2.51. The van der Waals surface area contributed by atoms with Crippen LogP contribution in [-0.4, -0.2) is 42.9 Å². The predicted octanol–water partition coefficient (Wildman–Crippen LogP) is 9.39. The van der Waals surface area contributed by atoms with E-state index in [0.29, 0.717) is 17.5 Å². The third kappa shape index (κ3) is 19.8. The largest absolute Gasteiger partial charge is 0.385 e. The number of rotatable bonds is 24. The van der Waals surface area contributed by atoms with Crippen LogP contribution in [-0.2, 0) is 9.09 Å². The summed E-state index contributed by atoms with van der Waals surface area (Å²) in [5.41, 5.74) is 0. The van der Waals surface area contributed by atoms with Gasteiger partial charge in [-0.05, 0) is 64.2 Å². The SMILES string of the molecule is CCCCCC=CCCCCC=CCCCCCCCCCOP(=O)(O)C(CCC)[N+](C)(C)C. The minimum atomic E-state index is -3.57. The molecule has 2 unspecified atom stereocenters. The molecule has 0 saturated carbocycles. The van der Waals surface area contributed by atoms with Crippen LogP contribution in [0.3, 0.4) is 0 Å². The Morgan fingerprint density at radius 2 is 1.09 bits per heavy atom. The fraction of sp³-hybridized carbons (Fsp3) is 0.862. The molecule has 34 heavy (non-hydrogen) atoms. The molecule has 0 aromatic carbocycles. The average Bonchev–Trinajstić information content (AvgIpc) is 2.77. The Hall–Kier alpha value is -0.410. The molecule has 0 bridgehead atoms. The van der Waals surface area contributed by atoms with E-state index >= 15 is 0 Å². The number of allylic oxidation sites excluding steroid dienone is 4. The van der Waals surface area contributed by atoms with Gasteiger partial charge in [0.1, 0.15) is 0 Å². The molecule has 0 aromatic rings. The maximum Gasteiger partial charge on any atom is 0.385 e. The molecular formula is C29H59NO3P+. The van der Waals surface area contributed by atoms with Crippen LogP contribution in [0, 0.1) is 0 Å². The minimum absolute atomic E-state index is 0.339. The molecular weight excluding hydrogens is 441 g/mol. The van der Waals surface area contributed by atoms with Crippen LogP contribution < -0.4 is 0 Å². The normalized spacial score (nSPS) is 15.4. The van der Waals surface area contributed by atoms with Crippen LogP contribution in [0.4, 0.5) is 0 Å². The van der Waals surface area contributed by atoms with Gasteiger partial charge in [-0.15, -0.1) is 0 Å². The number of quaternary nitrogens is 1. The molecule has 0 amide bonds. The molecule has 0 aliphatic carbocycles. The molecule has 0 aliphatic rings. The maximum atomic E-state index is 12.7. The van der Waals surface area contributed by atoms with Crippen molar-refractivity contribution in [3.05, 3.63) is 24.3 Å². The Morgan fingerprint density at radius 3 is 1.53 bits per heavy atom. The Morgan fingerprint density at radius 1 is 0.676 bits per heavy atom. The van der Waals surface area contributed by atoms with Crippen molar-refractivity contribution in [1.82, 2.24) is 0 Å². The highest BCUT2D eigenvalue weighted by atomic mass is 31.2. The molecule has 0 aromatic heterocycles. The number of nitrogens with zero attached hydrogens (tertiary/aromatic N) is 1. The molecule has 0 aliphatic heterocycles. The highest BCUT2D eigenvalue weighted by Gasteiger charge is 2.41. The van der Waals surface area contributed by atoms with Gasteiger partial charge in [-0.25, -0.2) is 0 Å². The molecule has 0 heterocycles. The highest BCUT2D eigenvalue weighted by molar-refractivity contribution is 7.53. The zero-order valence-electron chi connectivity index (χ0n) is 23.5. The van der Waals surface area contributed by atoms with Gasteiger partial charge in [-0.3, -0.25) is 4.57 Å². The maximum absolute atomic E-state index is 12.7. The van der Waals surface area contributed by atoms with E-state index in [2.05, 4.69) is 38.2 Å². The van der Waals surface area contributed by atoms with Crippen molar-refractivity contribution >= 4 is 7.60 Å². The molecule has 202 valence electrons. The quantitative estimate of drug-likeness (QED) is 0.0621. The second kappa shape index (κ2) is 21.8. The van der Waals surface area contributed by atoms with Crippen LogP contribution in [0.15, 0.2) is 24.3 Å². The first-order valence-corrected chi connectivity index (χ1v) is 16.0. The van der Waals surface area contributed by atoms with Crippen molar-refractivity contribution in [2.45, 2.75) is 135 Å². The van der Waals surface area contributed by atoms with Crippen LogP contribution in [0.25, 0.3) is 0 Å². The van der Waals surface area contributed by atoms with Crippen LogP contribution in [0.2, 0.25) is 0 Å². The molecule has 0 radical (unpaired) electrons. The Balaban J connectivity index is 3.55. The summed E-state index contributed by atoms with van der Waals surface area (Å²) in [5.74, 6) is -0.339. The zero-order valence-corrected chi connectivity index (χ0v) is 24.4. The van der Waals surface area contributed by atoms with Crippen molar-refractivity contribution in [3.8, 4) is 0 Å². The van der Waals surface area contributed by atoms with Gasteiger partial charge >= 0.3 is 7.60 Å². The summed E-state index contributed by atoms with van der Waals surface area (Å²) in [6.07, 6.45) is 30.9. The molecule has 0 rings (SSSR count). The lowest BCUT2D eigenvalue weighted by Gasteiger charge is -2.35. The fourth-order valence-electron chi connectivity index (χ4n) is 4.28.